The summed E-state index contributed by atoms with van der Waals surface area (Å²) in [6.45, 7) is 3.50. The van der Waals surface area contributed by atoms with Crippen LogP contribution in [-0.2, 0) is 16.6 Å². The SMILES string of the molecule is Cc1ncc(CNC(=O)N2CCCCC2CCNS(C)(=O)=O)s1. The second-order valence-electron chi connectivity index (χ2n) is 5.80. The Labute approximate surface area is 141 Å². The van der Waals surface area contributed by atoms with Gasteiger partial charge in [-0.25, -0.2) is 22.9 Å². The lowest BCUT2D eigenvalue weighted by Crippen LogP contribution is -2.49. The summed E-state index contributed by atoms with van der Waals surface area (Å²) in [5, 5.41) is 3.92. The van der Waals surface area contributed by atoms with Gasteiger partial charge in [-0.15, -0.1) is 11.3 Å². The Hall–Kier alpha value is -1.19. The maximum Gasteiger partial charge on any atom is 0.317 e. The van der Waals surface area contributed by atoms with Gasteiger partial charge in [0.05, 0.1) is 17.8 Å². The van der Waals surface area contributed by atoms with E-state index < -0.39 is 10.0 Å². The van der Waals surface area contributed by atoms with E-state index in [0.29, 0.717) is 19.5 Å². The van der Waals surface area contributed by atoms with Crippen molar-refractivity contribution < 1.29 is 13.2 Å². The standard InChI is InChI=1S/C14H24N4O3S2/c1-11-15-9-13(22-11)10-16-14(19)18-8-4-3-5-12(18)6-7-17-23(2,20)21/h9,12,17H,3-8,10H2,1-2H3,(H,16,19). The molecule has 0 radical (unpaired) electrons. The topological polar surface area (TPSA) is 91.4 Å². The number of nitrogens with one attached hydrogen (secondary N) is 2. The van der Waals surface area contributed by atoms with Crippen LogP contribution in [-0.4, -0.2) is 49.7 Å². The van der Waals surface area contributed by atoms with Crippen LogP contribution in [0.4, 0.5) is 4.79 Å². The molecule has 1 aromatic heterocycles. The first-order valence-electron chi connectivity index (χ1n) is 7.75. The molecule has 0 spiro atoms. The third-order valence-corrected chi connectivity index (χ3v) is 5.45. The predicted octanol–water partition coefficient (Wildman–Crippen LogP) is 1.45. The van der Waals surface area contributed by atoms with Gasteiger partial charge in [0.1, 0.15) is 0 Å². The Bertz CT molecular complexity index is 630. The number of amides is 2. The minimum Gasteiger partial charge on any atom is -0.333 e. The molecule has 1 atom stereocenters. The summed E-state index contributed by atoms with van der Waals surface area (Å²) in [5.41, 5.74) is 0. The molecule has 1 fully saturated rings. The molecule has 1 unspecified atom stereocenters. The van der Waals surface area contributed by atoms with Crippen molar-refractivity contribution in [2.45, 2.75) is 45.2 Å². The lowest BCUT2D eigenvalue weighted by atomic mass is 10.00. The van der Waals surface area contributed by atoms with E-state index in [0.717, 1.165) is 41.9 Å². The lowest BCUT2D eigenvalue weighted by molar-refractivity contribution is 0.147. The minimum absolute atomic E-state index is 0.0832. The van der Waals surface area contributed by atoms with E-state index in [9.17, 15) is 13.2 Å². The Balaban J connectivity index is 1.85. The van der Waals surface area contributed by atoms with Crippen LogP contribution < -0.4 is 10.0 Å². The lowest BCUT2D eigenvalue weighted by Gasteiger charge is -2.35. The van der Waals surface area contributed by atoms with Crippen molar-refractivity contribution in [2.24, 2.45) is 0 Å². The first kappa shape index (κ1) is 18.2. The van der Waals surface area contributed by atoms with Crippen molar-refractivity contribution in [1.82, 2.24) is 19.9 Å². The zero-order valence-electron chi connectivity index (χ0n) is 13.5. The van der Waals surface area contributed by atoms with Gasteiger partial charge in [-0.1, -0.05) is 0 Å². The molecule has 1 aromatic rings. The number of piperidine rings is 1. The second kappa shape index (κ2) is 8.07. The molecule has 130 valence electrons. The number of carbonyl (C=O) groups is 1. The molecular formula is C14H24N4O3S2. The maximum absolute atomic E-state index is 12.4. The Kier molecular flexibility index (Phi) is 6.37. The number of carbonyl (C=O) groups excluding carboxylic acids is 1. The van der Waals surface area contributed by atoms with E-state index in [-0.39, 0.29) is 12.1 Å². The molecule has 2 N–H and O–H groups in total. The van der Waals surface area contributed by atoms with Crippen LogP contribution in [0.15, 0.2) is 6.20 Å². The van der Waals surface area contributed by atoms with Gasteiger partial charge in [-0.05, 0) is 32.6 Å². The monoisotopic (exact) mass is 360 g/mol. The Morgan fingerprint density at radius 2 is 2.26 bits per heavy atom. The summed E-state index contributed by atoms with van der Waals surface area (Å²) in [5.74, 6) is 0. The molecule has 0 aromatic carbocycles. The molecule has 1 aliphatic rings. The van der Waals surface area contributed by atoms with Crippen LogP contribution in [0.1, 0.15) is 35.6 Å². The molecule has 0 aliphatic carbocycles. The normalized spacial score (nSPS) is 18.9. The van der Waals surface area contributed by atoms with Crippen molar-refractivity contribution >= 4 is 27.4 Å². The predicted molar refractivity (Wildman–Crippen MR) is 90.9 cm³/mol. The molecule has 9 heteroatoms. The number of aryl methyl sites for hydroxylation is 1. The van der Waals surface area contributed by atoms with E-state index in [1.807, 2.05) is 11.8 Å². The number of aromatic nitrogens is 1. The number of urea groups is 1. The van der Waals surface area contributed by atoms with Crippen molar-refractivity contribution in [2.75, 3.05) is 19.3 Å². The highest BCUT2D eigenvalue weighted by atomic mass is 32.2. The molecule has 2 heterocycles. The van der Waals surface area contributed by atoms with E-state index in [2.05, 4.69) is 15.0 Å². The van der Waals surface area contributed by atoms with Crippen molar-refractivity contribution in [3.05, 3.63) is 16.1 Å². The van der Waals surface area contributed by atoms with Gasteiger partial charge in [-0.2, -0.15) is 0 Å². The van der Waals surface area contributed by atoms with Crippen molar-refractivity contribution in [1.29, 1.82) is 0 Å². The first-order chi connectivity index (χ1) is 10.8. The largest absolute Gasteiger partial charge is 0.333 e. The van der Waals surface area contributed by atoms with Gasteiger partial charge in [0.2, 0.25) is 10.0 Å². The molecule has 0 bridgehead atoms. The fraction of sp³-hybridized carbons (Fsp3) is 0.714. The number of rotatable bonds is 6. The highest BCUT2D eigenvalue weighted by Gasteiger charge is 2.26. The highest BCUT2D eigenvalue weighted by molar-refractivity contribution is 7.88. The van der Waals surface area contributed by atoms with Crippen molar-refractivity contribution in [3.63, 3.8) is 0 Å². The van der Waals surface area contributed by atoms with Gasteiger partial charge in [-0.3, -0.25) is 0 Å². The smallest absolute Gasteiger partial charge is 0.317 e. The molecule has 1 saturated heterocycles. The number of hydrogen-bond donors (Lipinski definition) is 2. The third kappa shape index (κ3) is 6.08. The molecule has 2 rings (SSSR count). The molecular weight excluding hydrogens is 336 g/mol. The van der Waals surface area contributed by atoms with Crippen LogP contribution in [0.3, 0.4) is 0 Å². The maximum atomic E-state index is 12.4. The van der Waals surface area contributed by atoms with E-state index in [1.165, 1.54) is 0 Å². The Morgan fingerprint density at radius 3 is 2.91 bits per heavy atom. The quantitative estimate of drug-likeness (QED) is 0.803. The van der Waals surface area contributed by atoms with E-state index in [4.69, 9.17) is 0 Å². The fourth-order valence-corrected chi connectivity index (χ4v) is 3.95. The number of sulfonamides is 1. The third-order valence-electron chi connectivity index (χ3n) is 3.81. The molecule has 23 heavy (non-hydrogen) atoms. The van der Waals surface area contributed by atoms with Gasteiger partial charge in [0, 0.05) is 30.2 Å². The molecule has 0 saturated carbocycles. The summed E-state index contributed by atoms with van der Waals surface area (Å²) in [6, 6.07) is 0.00121. The average molecular weight is 361 g/mol. The number of hydrogen-bond acceptors (Lipinski definition) is 5. The van der Waals surface area contributed by atoms with Gasteiger partial charge < -0.3 is 10.2 Å². The van der Waals surface area contributed by atoms with E-state index in [1.54, 1.807) is 17.5 Å². The first-order valence-corrected chi connectivity index (χ1v) is 10.5. The highest BCUT2D eigenvalue weighted by Crippen LogP contribution is 2.20. The van der Waals surface area contributed by atoms with Gasteiger partial charge >= 0.3 is 6.03 Å². The van der Waals surface area contributed by atoms with Crippen LogP contribution in [0.25, 0.3) is 0 Å². The zero-order valence-corrected chi connectivity index (χ0v) is 15.2. The number of thiazole rings is 1. The fourth-order valence-electron chi connectivity index (χ4n) is 2.73. The summed E-state index contributed by atoms with van der Waals surface area (Å²) >= 11 is 1.57. The minimum atomic E-state index is -3.18. The molecule has 1 aliphatic heterocycles. The number of likely N-dealkylation sites (tertiary alicyclic amines) is 1. The van der Waals surface area contributed by atoms with Gasteiger partial charge in [0.25, 0.3) is 0 Å². The van der Waals surface area contributed by atoms with Crippen LogP contribution >= 0.6 is 11.3 Å². The van der Waals surface area contributed by atoms with Crippen molar-refractivity contribution in [3.8, 4) is 0 Å². The zero-order chi connectivity index (χ0) is 16.9. The van der Waals surface area contributed by atoms with Crippen LogP contribution in [0.2, 0.25) is 0 Å². The summed E-state index contributed by atoms with van der Waals surface area (Å²) in [6.07, 6.45) is 6.54. The number of nitrogens with zero attached hydrogens (tertiary/aromatic N) is 2. The average Bonchev–Trinajstić information content (AvgIpc) is 2.90. The Morgan fingerprint density at radius 1 is 1.48 bits per heavy atom. The van der Waals surface area contributed by atoms with E-state index >= 15 is 0 Å². The molecule has 7 nitrogen and oxygen atoms in total. The van der Waals surface area contributed by atoms with Crippen LogP contribution in [0, 0.1) is 6.92 Å². The second-order valence-corrected chi connectivity index (χ2v) is 8.95. The van der Waals surface area contributed by atoms with Crippen LogP contribution in [0.5, 0.6) is 0 Å². The summed E-state index contributed by atoms with van der Waals surface area (Å²) in [7, 11) is -3.18. The summed E-state index contributed by atoms with van der Waals surface area (Å²) in [4.78, 5) is 19.4. The molecule has 2 amide bonds. The summed E-state index contributed by atoms with van der Waals surface area (Å²) < 4.78 is 24.8. The van der Waals surface area contributed by atoms with Gasteiger partial charge in [0.15, 0.2) is 0 Å².